The molecule has 0 radical (unpaired) electrons. The lowest BCUT2D eigenvalue weighted by molar-refractivity contribution is 0.310. The summed E-state index contributed by atoms with van der Waals surface area (Å²) in [6.45, 7) is 0. The summed E-state index contributed by atoms with van der Waals surface area (Å²) in [5, 5.41) is 6.46. The summed E-state index contributed by atoms with van der Waals surface area (Å²) in [7, 11) is 3.89. The van der Waals surface area contributed by atoms with E-state index in [0.717, 1.165) is 12.1 Å². The van der Waals surface area contributed by atoms with E-state index in [9.17, 15) is 0 Å². The second kappa shape index (κ2) is 3.90. The minimum atomic E-state index is -0.170. The third-order valence-electron chi connectivity index (χ3n) is 2.86. The number of hydrogen-bond acceptors (Lipinski definition) is 3. The van der Waals surface area contributed by atoms with Crippen molar-refractivity contribution in [1.82, 2.24) is 20.2 Å². The maximum Gasteiger partial charge on any atom is 0.119 e. The van der Waals surface area contributed by atoms with Crippen LogP contribution < -0.4 is 10.6 Å². The Hall–Kier alpha value is -1.55. The van der Waals surface area contributed by atoms with Gasteiger partial charge in [-0.05, 0) is 19.2 Å². The normalized spacial score (nSPS) is 25.1. The van der Waals surface area contributed by atoms with Gasteiger partial charge >= 0.3 is 0 Å². The molecule has 1 aliphatic rings. The first-order valence-corrected chi connectivity index (χ1v) is 5.05. The van der Waals surface area contributed by atoms with Crippen LogP contribution in [-0.4, -0.2) is 23.6 Å². The molecule has 15 heavy (non-hydrogen) atoms. The Bertz CT molecular complexity index is 377. The van der Waals surface area contributed by atoms with Crippen LogP contribution in [0.3, 0.4) is 0 Å². The van der Waals surface area contributed by atoms with E-state index in [1.165, 1.54) is 0 Å². The van der Waals surface area contributed by atoms with Crippen LogP contribution in [0.4, 0.5) is 0 Å². The maximum absolute atomic E-state index is 4.08. The van der Waals surface area contributed by atoms with Crippen molar-refractivity contribution in [2.24, 2.45) is 0 Å². The summed E-state index contributed by atoms with van der Waals surface area (Å²) in [5.74, 6) is 0. The van der Waals surface area contributed by atoms with E-state index in [2.05, 4.69) is 38.4 Å². The lowest BCUT2D eigenvalue weighted by Crippen LogP contribution is -2.44. The molecule has 0 bridgehead atoms. The molecule has 0 aromatic carbocycles. The molecule has 4 nitrogen and oxygen atoms in total. The van der Waals surface area contributed by atoms with Gasteiger partial charge in [0.25, 0.3) is 0 Å². The SMILES string of the molecule is CNC1=CCC(NC)(n2ccnc2)C=C1. The molecule has 0 amide bonds. The Morgan fingerprint density at radius 1 is 1.47 bits per heavy atom. The summed E-state index contributed by atoms with van der Waals surface area (Å²) < 4.78 is 2.08. The Labute approximate surface area is 89.7 Å². The molecule has 0 aliphatic heterocycles. The highest BCUT2D eigenvalue weighted by Gasteiger charge is 2.27. The number of hydrogen-bond donors (Lipinski definition) is 2. The van der Waals surface area contributed by atoms with Crippen LogP contribution in [0.2, 0.25) is 0 Å². The molecule has 1 aliphatic carbocycles. The molecule has 1 aromatic heterocycles. The average molecular weight is 204 g/mol. The van der Waals surface area contributed by atoms with Gasteiger partial charge in [0, 0.05) is 31.6 Å². The molecule has 0 fully saturated rings. The lowest BCUT2D eigenvalue weighted by Gasteiger charge is -2.33. The summed E-state index contributed by atoms with van der Waals surface area (Å²) in [6.07, 6.45) is 12.9. The fourth-order valence-electron chi connectivity index (χ4n) is 1.82. The van der Waals surface area contributed by atoms with Crippen molar-refractivity contribution in [3.05, 3.63) is 42.6 Å². The molecule has 1 unspecified atom stereocenters. The first-order chi connectivity index (χ1) is 7.30. The molecule has 0 spiro atoms. The molecule has 1 heterocycles. The van der Waals surface area contributed by atoms with Gasteiger partial charge in [-0.25, -0.2) is 4.98 Å². The van der Waals surface area contributed by atoms with Crippen LogP contribution in [0.25, 0.3) is 0 Å². The summed E-state index contributed by atoms with van der Waals surface area (Å²) in [5.41, 5.74) is 0.984. The highest BCUT2D eigenvalue weighted by atomic mass is 15.2. The average Bonchev–Trinajstić information content (AvgIpc) is 2.83. The van der Waals surface area contributed by atoms with Gasteiger partial charge in [-0.15, -0.1) is 0 Å². The summed E-state index contributed by atoms with van der Waals surface area (Å²) in [6, 6.07) is 0. The van der Waals surface area contributed by atoms with Crippen molar-refractivity contribution in [1.29, 1.82) is 0 Å². The van der Waals surface area contributed by atoms with E-state index in [0.29, 0.717) is 0 Å². The number of allylic oxidation sites excluding steroid dienone is 1. The fourth-order valence-corrected chi connectivity index (χ4v) is 1.82. The second-order valence-corrected chi connectivity index (χ2v) is 3.59. The zero-order valence-corrected chi connectivity index (χ0v) is 9.07. The van der Waals surface area contributed by atoms with Crippen molar-refractivity contribution in [3.8, 4) is 0 Å². The molecule has 0 saturated heterocycles. The molecule has 1 aromatic rings. The molecule has 2 N–H and O–H groups in total. The van der Waals surface area contributed by atoms with Gasteiger partial charge in [-0.2, -0.15) is 0 Å². The van der Waals surface area contributed by atoms with Gasteiger partial charge < -0.3 is 9.88 Å². The van der Waals surface area contributed by atoms with E-state index < -0.39 is 0 Å². The monoisotopic (exact) mass is 204 g/mol. The molecule has 80 valence electrons. The van der Waals surface area contributed by atoms with Crippen LogP contribution in [0.5, 0.6) is 0 Å². The number of imidazole rings is 1. The molecular formula is C11H16N4. The van der Waals surface area contributed by atoms with E-state index in [1.807, 2.05) is 26.6 Å². The third-order valence-corrected chi connectivity index (χ3v) is 2.86. The van der Waals surface area contributed by atoms with Gasteiger partial charge in [0.1, 0.15) is 5.66 Å². The first-order valence-electron chi connectivity index (χ1n) is 5.05. The number of likely N-dealkylation sites (N-methyl/N-ethyl adjacent to an activating group) is 2. The van der Waals surface area contributed by atoms with Crippen LogP contribution in [0.15, 0.2) is 42.6 Å². The molecule has 1 atom stereocenters. The van der Waals surface area contributed by atoms with E-state index in [1.54, 1.807) is 6.20 Å². The smallest absolute Gasteiger partial charge is 0.119 e. The van der Waals surface area contributed by atoms with Crippen LogP contribution in [-0.2, 0) is 5.66 Å². The molecule has 0 saturated carbocycles. The number of rotatable bonds is 3. The Morgan fingerprint density at radius 3 is 2.80 bits per heavy atom. The minimum absolute atomic E-state index is 0.170. The van der Waals surface area contributed by atoms with Crippen LogP contribution >= 0.6 is 0 Å². The van der Waals surface area contributed by atoms with E-state index in [-0.39, 0.29) is 5.66 Å². The maximum atomic E-state index is 4.08. The van der Waals surface area contributed by atoms with Gasteiger partial charge in [0.2, 0.25) is 0 Å². The van der Waals surface area contributed by atoms with Crippen LogP contribution in [0, 0.1) is 0 Å². The highest BCUT2D eigenvalue weighted by molar-refractivity contribution is 5.26. The largest absolute Gasteiger partial charge is 0.388 e. The highest BCUT2D eigenvalue weighted by Crippen LogP contribution is 2.24. The summed E-state index contributed by atoms with van der Waals surface area (Å²) >= 11 is 0. The van der Waals surface area contributed by atoms with E-state index in [4.69, 9.17) is 0 Å². The predicted octanol–water partition coefficient (Wildman–Crippen LogP) is 0.818. The number of nitrogens with one attached hydrogen (secondary N) is 2. The first kappa shape index (κ1) is 9.98. The number of aromatic nitrogens is 2. The lowest BCUT2D eigenvalue weighted by atomic mass is 9.99. The van der Waals surface area contributed by atoms with Crippen molar-refractivity contribution in [2.75, 3.05) is 14.1 Å². The number of nitrogens with zero attached hydrogens (tertiary/aromatic N) is 2. The van der Waals surface area contributed by atoms with Crippen LogP contribution in [0.1, 0.15) is 6.42 Å². The quantitative estimate of drug-likeness (QED) is 0.766. The zero-order valence-electron chi connectivity index (χ0n) is 9.07. The molecule has 2 rings (SSSR count). The predicted molar refractivity (Wildman–Crippen MR) is 60.2 cm³/mol. The topological polar surface area (TPSA) is 41.9 Å². The minimum Gasteiger partial charge on any atom is -0.388 e. The third kappa shape index (κ3) is 1.68. The Morgan fingerprint density at radius 2 is 2.33 bits per heavy atom. The standard InChI is InChI=1S/C11H16N4/c1-12-10-3-5-11(13-2,6-4-10)15-8-7-14-9-15/h3-5,7-9,12-13H,6H2,1-2H3. The van der Waals surface area contributed by atoms with Crippen molar-refractivity contribution >= 4 is 0 Å². The van der Waals surface area contributed by atoms with Gasteiger partial charge in [-0.1, -0.05) is 6.08 Å². The van der Waals surface area contributed by atoms with E-state index >= 15 is 0 Å². The van der Waals surface area contributed by atoms with Gasteiger partial charge in [-0.3, -0.25) is 5.32 Å². The van der Waals surface area contributed by atoms with Gasteiger partial charge in [0.05, 0.1) is 6.33 Å². The molecular weight excluding hydrogens is 188 g/mol. The zero-order chi connectivity index (χ0) is 10.7. The van der Waals surface area contributed by atoms with Crippen molar-refractivity contribution < 1.29 is 0 Å². The van der Waals surface area contributed by atoms with Crippen molar-refractivity contribution in [2.45, 2.75) is 12.1 Å². The van der Waals surface area contributed by atoms with Crippen molar-refractivity contribution in [3.63, 3.8) is 0 Å². The Kier molecular flexibility index (Phi) is 2.60. The van der Waals surface area contributed by atoms with Gasteiger partial charge in [0.15, 0.2) is 0 Å². The Balaban J connectivity index is 2.28. The summed E-state index contributed by atoms with van der Waals surface area (Å²) in [4.78, 5) is 4.08. The molecule has 4 heteroatoms. The fraction of sp³-hybridized carbons (Fsp3) is 0.364. The second-order valence-electron chi connectivity index (χ2n) is 3.59.